The number of likely N-dealkylation sites (tertiary alicyclic amines) is 1. The summed E-state index contributed by atoms with van der Waals surface area (Å²) in [4.78, 5) is 2.34. The first-order chi connectivity index (χ1) is 8.79. The van der Waals surface area contributed by atoms with Crippen molar-refractivity contribution in [2.75, 3.05) is 26.2 Å². The van der Waals surface area contributed by atoms with E-state index >= 15 is 0 Å². The van der Waals surface area contributed by atoms with Crippen molar-refractivity contribution in [1.82, 2.24) is 4.90 Å². The molecule has 0 radical (unpaired) electrons. The zero-order chi connectivity index (χ0) is 12.8. The summed E-state index contributed by atoms with van der Waals surface area (Å²) in [6.45, 7) is 3.51. The van der Waals surface area contributed by atoms with Crippen LogP contribution >= 0.6 is 11.6 Å². The summed E-state index contributed by atoms with van der Waals surface area (Å²) in [5, 5.41) is 9.48. The number of halogens is 1. The van der Waals surface area contributed by atoms with Crippen LogP contribution in [0.2, 0.25) is 5.02 Å². The first kappa shape index (κ1) is 13.2. The zero-order valence-electron chi connectivity index (χ0n) is 10.3. The maximum atomic E-state index is 8.82. The van der Waals surface area contributed by atoms with Crippen molar-refractivity contribution < 1.29 is 4.74 Å². The fraction of sp³-hybridized carbons (Fsp3) is 0.500. The Morgan fingerprint density at radius 3 is 2.72 bits per heavy atom. The van der Waals surface area contributed by atoms with E-state index in [9.17, 15) is 0 Å². The van der Waals surface area contributed by atoms with Gasteiger partial charge in [0.25, 0.3) is 0 Å². The molecule has 0 amide bonds. The van der Waals surface area contributed by atoms with Crippen LogP contribution in [0, 0.1) is 17.2 Å². The Morgan fingerprint density at radius 2 is 2.06 bits per heavy atom. The highest BCUT2D eigenvalue weighted by Gasteiger charge is 2.18. The van der Waals surface area contributed by atoms with Gasteiger partial charge in [-0.05, 0) is 38.1 Å². The number of hydrogen-bond acceptors (Lipinski definition) is 3. The summed E-state index contributed by atoms with van der Waals surface area (Å²) in [7, 11) is 0. The van der Waals surface area contributed by atoms with Gasteiger partial charge < -0.3 is 4.74 Å². The average molecular weight is 265 g/mol. The van der Waals surface area contributed by atoms with Crippen LogP contribution < -0.4 is 4.74 Å². The number of nitriles is 1. The third-order valence-electron chi connectivity index (χ3n) is 3.27. The molecule has 1 aromatic rings. The van der Waals surface area contributed by atoms with Gasteiger partial charge in [-0.1, -0.05) is 23.7 Å². The van der Waals surface area contributed by atoms with Crippen molar-refractivity contribution in [3.63, 3.8) is 0 Å². The first-order valence-corrected chi connectivity index (χ1v) is 6.66. The van der Waals surface area contributed by atoms with E-state index in [2.05, 4.69) is 11.0 Å². The lowest BCUT2D eigenvalue weighted by Crippen LogP contribution is -2.36. The van der Waals surface area contributed by atoms with Crippen LogP contribution in [-0.2, 0) is 0 Å². The summed E-state index contributed by atoms with van der Waals surface area (Å²) >= 11 is 6.01. The van der Waals surface area contributed by atoms with Gasteiger partial charge in [-0.3, -0.25) is 4.90 Å². The van der Waals surface area contributed by atoms with Crippen LogP contribution in [0.3, 0.4) is 0 Å². The molecule has 0 spiro atoms. The molecule has 1 aliphatic heterocycles. The quantitative estimate of drug-likeness (QED) is 0.839. The Kier molecular flexibility index (Phi) is 4.86. The van der Waals surface area contributed by atoms with E-state index in [0.717, 1.165) is 38.2 Å². The normalized spacial score (nSPS) is 17.3. The van der Waals surface area contributed by atoms with Crippen LogP contribution in [0.4, 0.5) is 0 Å². The predicted molar refractivity (Wildman–Crippen MR) is 71.7 cm³/mol. The number of rotatable bonds is 4. The molecule has 3 nitrogen and oxygen atoms in total. The molecule has 0 saturated carbocycles. The molecule has 1 heterocycles. The van der Waals surface area contributed by atoms with Gasteiger partial charge in [0.2, 0.25) is 0 Å². The van der Waals surface area contributed by atoms with E-state index in [1.54, 1.807) is 0 Å². The monoisotopic (exact) mass is 264 g/mol. The minimum Gasteiger partial charge on any atom is -0.491 e. The fourth-order valence-electron chi connectivity index (χ4n) is 2.13. The molecule has 0 aromatic heterocycles. The highest BCUT2D eigenvalue weighted by molar-refractivity contribution is 6.32. The van der Waals surface area contributed by atoms with E-state index in [1.807, 2.05) is 24.3 Å². The fourth-order valence-corrected chi connectivity index (χ4v) is 2.32. The molecular weight excluding hydrogens is 248 g/mol. The van der Waals surface area contributed by atoms with E-state index in [4.69, 9.17) is 21.6 Å². The van der Waals surface area contributed by atoms with E-state index in [-0.39, 0.29) is 5.92 Å². The molecule has 0 atom stereocenters. The van der Waals surface area contributed by atoms with Gasteiger partial charge in [-0.2, -0.15) is 5.26 Å². The minimum absolute atomic E-state index is 0.241. The number of piperidine rings is 1. The molecule has 18 heavy (non-hydrogen) atoms. The van der Waals surface area contributed by atoms with Gasteiger partial charge in [-0.25, -0.2) is 0 Å². The topological polar surface area (TPSA) is 36.3 Å². The lowest BCUT2D eigenvalue weighted by molar-refractivity contribution is 0.169. The number of benzene rings is 1. The largest absolute Gasteiger partial charge is 0.491 e. The smallest absolute Gasteiger partial charge is 0.137 e. The highest BCUT2D eigenvalue weighted by atomic mass is 35.5. The lowest BCUT2D eigenvalue weighted by atomic mass is 9.99. The second kappa shape index (κ2) is 6.63. The molecule has 1 aromatic carbocycles. The van der Waals surface area contributed by atoms with Crippen LogP contribution in [0.1, 0.15) is 12.8 Å². The second-order valence-corrected chi connectivity index (χ2v) is 4.93. The summed E-state index contributed by atoms with van der Waals surface area (Å²) in [5.74, 6) is 0.983. The predicted octanol–water partition coefficient (Wildman–Crippen LogP) is 2.95. The summed E-state index contributed by atoms with van der Waals surface area (Å²) in [6, 6.07) is 9.85. The number of hydrogen-bond donors (Lipinski definition) is 0. The zero-order valence-corrected chi connectivity index (χ0v) is 11.1. The summed E-state index contributed by atoms with van der Waals surface area (Å²) in [5.41, 5.74) is 0. The number of para-hydroxylation sites is 1. The highest BCUT2D eigenvalue weighted by Crippen LogP contribution is 2.23. The van der Waals surface area contributed by atoms with Crippen molar-refractivity contribution in [3.8, 4) is 11.8 Å². The molecule has 2 rings (SSSR count). The molecule has 1 aliphatic rings. The van der Waals surface area contributed by atoms with E-state index < -0.39 is 0 Å². The molecule has 0 unspecified atom stereocenters. The van der Waals surface area contributed by atoms with Crippen LogP contribution in [0.25, 0.3) is 0 Å². The average Bonchev–Trinajstić information content (AvgIpc) is 2.42. The molecular formula is C14H17ClN2O. The maximum Gasteiger partial charge on any atom is 0.137 e. The van der Waals surface area contributed by atoms with Crippen molar-refractivity contribution in [2.24, 2.45) is 5.92 Å². The van der Waals surface area contributed by atoms with Gasteiger partial charge in [0.15, 0.2) is 0 Å². The maximum absolute atomic E-state index is 8.82. The summed E-state index contributed by atoms with van der Waals surface area (Å²) < 4.78 is 5.65. The first-order valence-electron chi connectivity index (χ1n) is 6.29. The van der Waals surface area contributed by atoms with Gasteiger partial charge in [0.05, 0.1) is 11.1 Å². The Balaban J connectivity index is 1.71. The van der Waals surface area contributed by atoms with Gasteiger partial charge >= 0.3 is 0 Å². The molecule has 1 saturated heterocycles. The third kappa shape index (κ3) is 3.63. The van der Waals surface area contributed by atoms with E-state index in [0.29, 0.717) is 11.6 Å². The lowest BCUT2D eigenvalue weighted by Gasteiger charge is -2.28. The molecule has 4 heteroatoms. The SMILES string of the molecule is N#CC1CCN(CCOc2ccccc2Cl)CC1. The van der Waals surface area contributed by atoms with Crippen molar-refractivity contribution in [3.05, 3.63) is 29.3 Å². The van der Waals surface area contributed by atoms with Gasteiger partial charge in [0.1, 0.15) is 12.4 Å². The van der Waals surface area contributed by atoms with Crippen LogP contribution in [-0.4, -0.2) is 31.1 Å². The molecule has 0 bridgehead atoms. The standard InChI is InChI=1S/C14H17ClN2O/c15-13-3-1-2-4-14(13)18-10-9-17-7-5-12(11-16)6-8-17/h1-4,12H,5-10H2. The second-order valence-electron chi connectivity index (χ2n) is 4.52. The number of nitrogens with zero attached hydrogens (tertiary/aromatic N) is 2. The van der Waals surface area contributed by atoms with E-state index in [1.165, 1.54) is 0 Å². The Labute approximate surface area is 113 Å². The Hall–Kier alpha value is -1.24. The Bertz CT molecular complexity index is 422. The van der Waals surface area contributed by atoms with Crippen molar-refractivity contribution in [1.29, 1.82) is 5.26 Å². The molecule has 1 fully saturated rings. The van der Waals surface area contributed by atoms with Gasteiger partial charge in [0, 0.05) is 12.5 Å². The van der Waals surface area contributed by atoms with Gasteiger partial charge in [-0.15, -0.1) is 0 Å². The van der Waals surface area contributed by atoms with Crippen molar-refractivity contribution in [2.45, 2.75) is 12.8 Å². The number of ether oxygens (including phenoxy) is 1. The minimum atomic E-state index is 0.241. The summed E-state index contributed by atoms with van der Waals surface area (Å²) in [6.07, 6.45) is 1.95. The molecule has 96 valence electrons. The van der Waals surface area contributed by atoms with Crippen molar-refractivity contribution >= 4 is 11.6 Å². The van der Waals surface area contributed by atoms with Crippen LogP contribution in [0.15, 0.2) is 24.3 Å². The molecule has 0 aliphatic carbocycles. The van der Waals surface area contributed by atoms with Crippen LogP contribution in [0.5, 0.6) is 5.75 Å². The molecule has 0 N–H and O–H groups in total. The third-order valence-corrected chi connectivity index (χ3v) is 3.58. The Morgan fingerprint density at radius 1 is 1.33 bits per heavy atom.